The maximum Gasteiger partial charge on any atom is 0.216 e. The van der Waals surface area contributed by atoms with Crippen molar-refractivity contribution < 1.29 is 9.15 Å². The minimum atomic E-state index is 0.261. The zero-order chi connectivity index (χ0) is 18.4. The zero-order valence-corrected chi connectivity index (χ0v) is 14.9. The molecule has 134 valence electrons. The lowest BCUT2D eigenvalue weighted by molar-refractivity contribution is 0.185. The number of aliphatic imine (C=N–C) groups is 1. The molecule has 0 spiro atoms. The molecule has 0 atom stereocenters. The van der Waals surface area contributed by atoms with Crippen LogP contribution in [0.25, 0.3) is 11.3 Å². The molecule has 0 saturated carbocycles. The van der Waals surface area contributed by atoms with Crippen LogP contribution in [0.1, 0.15) is 17.0 Å². The van der Waals surface area contributed by atoms with E-state index < -0.39 is 0 Å². The van der Waals surface area contributed by atoms with Crippen LogP contribution in [0.15, 0.2) is 64.1 Å². The summed E-state index contributed by atoms with van der Waals surface area (Å²) >= 11 is 0. The number of anilines is 1. The van der Waals surface area contributed by atoms with E-state index in [2.05, 4.69) is 15.3 Å². The second-order valence-electron chi connectivity index (χ2n) is 5.90. The van der Waals surface area contributed by atoms with Crippen LogP contribution >= 0.6 is 0 Å². The summed E-state index contributed by atoms with van der Waals surface area (Å²) in [6, 6.07) is 15.9. The highest BCUT2D eigenvalue weighted by molar-refractivity contribution is 5.92. The van der Waals surface area contributed by atoms with Gasteiger partial charge in [0.25, 0.3) is 0 Å². The van der Waals surface area contributed by atoms with Crippen molar-refractivity contribution >= 4 is 11.6 Å². The molecule has 6 heteroatoms. The van der Waals surface area contributed by atoms with Gasteiger partial charge in [-0.25, -0.2) is 9.98 Å². The fourth-order valence-corrected chi connectivity index (χ4v) is 2.49. The molecule has 0 radical (unpaired) electrons. The number of rotatable bonds is 6. The average molecular weight is 350 g/mol. The highest BCUT2D eigenvalue weighted by Gasteiger charge is 2.07. The van der Waals surface area contributed by atoms with E-state index in [1.807, 2.05) is 55.5 Å². The number of guanidine groups is 1. The highest BCUT2D eigenvalue weighted by Crippen LogP contribution is 2.21. The number of aryl methyl sites for hydroxylation is 1. The quantitative estimate of drug-likeness (QED) is 0.523. The standard InChI is InChI=1S/C20H22N4O2/c1-14-7-9-15(10-8-14)18-11-22-19(26-18)12-23-20(21)24-17-6-4-3-5-16(17)13-25-2/h3-11H,12-13H2,1-2H3,(H3,21,23,24). The van der Waals surface area contributed by atoms with Crippen molar-refractivity contribution in [3.8, 4) is 11.3 Å². The third-order valence-electron chi connectivity index (χ3n) is 3.85. The van der Waals surface area contributed by atoms with Gasteiger partial charge in [0.05, 0.1) is 12.8 Å². The Kier molecular flexibility index (Phi) is 5.66. The lowest BCUT2D eigenvalue weighted by atomic mass is 10.1. The molecular formula is C20H22N4O2. The van der Waals surface area contributed by atoms with Crippen molar-refractivity contribution in [2.75, 3.05) is 12.4 Å². The van der Waals surface area contributed by atoms with E-state index in [1.54, 1.807) is 13.3 Å². The summed E-state index contributed by atoms with van der Waals surface area (Å²) in [5.74, 6) is 1.52. The summed E-state index contributed by atoms with van der Waals surface area (Å²) in [5, 5.41) is 3.09. The number of aromatic nitrogens is 1. The van der Waals surface area contributed by atoms with E-state index in [4.69, 9.17) is 14.9 Å². The summed E-state index contributed by atoms with van der Waals surface area (Å²) in [6.45, 7) is 2.80. The summed E-state index contributed by atoms with van der Waals surface area (Å²) in [7, 11) is 1.66. The largest absolute Gasteiger partial charge is 0.439 e. The first kappa shape index (κ1) is 17.7. The van der Waals surface area contributed by atoms with Crippen molar-refractivity contribution in [2.24, 2.45) is 10.7 Å². The number of para-hydroxylation sites is 1. The first-order chi connectivity index (χ1) is 12.7. The number of hydrogen-bond donors (Lipinski definition) is 2. The van der Waals surface area contributed by atoms with Gasteiger partial charge in [0.15, 0.2) is 11.7 Å². The molecule has 3 rings (SSSR count). The summed E-state index contributed by atoms with van der Waals surface area (Å²) in [4.78, 5) is 8.56. The molecule has 1 heterocycles. The molecule has 1 aromatic heterocycles. The van der Waals surface area contributed by atoms with Crippen LogP contribution < -0.4 is 11.1 Å². The van der Waals surface area contributed by atoms with Gasteiger partial charge >= 0.3 is 0 Å². The number of benzene rings is 2. The number of hydrogen-bond acceptors (Lipinski definition) is 4. The Balaban J connectivity index is 1.65. The second kappa shape index (κ2) is 8.31. The van der Waals surface area contributed by atoms with E-state index in [0.717, 1.165) is 16.8 Å². The normalized spacial score (nSPS) is 11.5. The monoisotopic (exact) mass is 350 g/mol. The van der Waals surface area contributed by atoms with E-state index in [1.165, 1.54) is 5.56 Å². The SMILES string of the molecule is COCc1ccccc1NC(N)=NCc1ncc(-c2ccc(C)cc2)o1. The molecule has 0 fully saturated rings. The van der Waals surface area contributed by atoms with E-state index >= 15 is 0 Å². The van der Waals surface area contributed by atoms with Crippen molar-refractivity contribution in [3.63, 3.8) is 0 Å². The molecule has 3 aromatic rings. The summed E-state index contributed by atoms with van der Waals surface area (Å²) < 4.78 is 10.9. The van der Waals surface area contributed by atoms with Gasteiger partial charge in [-0.3, -0.25) is 0 Å². The minimum absolute atomic E-state index is 0.261. The van der Waals surface area contributed by atoms with Crippen molar-refractivity contribution in [3.05, 3.63) is 71.7 Å². The van der Waals surface area contributed by atoms with Crippen LogP contribution in [-0.4, -0.2) is 18.1 Å². The molecule has 0 unspecified atom stereocenters. The number of nitrogens with one attached hydrogen (secondary N) is 1. The zero-order valence-electron chi connectivity index (χ0n) is 14.9. The number of oxazole rings is 1. The van der Waals surface area contributed by atoms with Gasteiger partial charge in [-0.2, -0.15) is 0 Å². The number of nitrogens with zero attached hydrogens (tertiary/aromatic N) is 2. The van der Waals surface area contributed by atoms with E-state index in [9.17, 15) is 0 Å². The molecule has 0 bridgehead atoms. The van der Waals surface area contributed by atoms with Crippen LogP contribution in [0.4, 0.5) is 5.69 Å². The van der Waals surface area contributed by atoms with Gasteiger partial charge in [0, 0.05) is 23.9 Å². The van der Waals surface area contributed by atoms with Crippen LogP contribution in [-0.2, 0) is 17.9 Å². The molecule has 3 N–H and O–H groups in total. The highest BCUT2D eigenvalue weighted by atomic mass is 16.5. The molecule has 0 aliphatic carbocycles. The van der Waals surface area contributed by atoms with E-state index in [-0.39, 0.29) is 6.54 Å². The Morgan fingerprint density at radius 2 is 1.96 bits per heavy atom. The maximum absolute atomic E-state index is 5.98. The van der Waals surface area contributed by atoms with Crippen LogP contribution in [0, 0.1) is 6.92 Å². The van der Waals surface area contributed by atoms with Gasteiger partial charge in [-0.1, -0.05) is 48.0 Å². The second-order valence-corrected chi connectivity index (χ2v) is 5.90. The first-order valence-electron chi connectivity index (χ1n) is 8.31. The van der Waals surface area contributed by atoms with Crippen LogP contribution in [0.3, 0.4) is 0 Å². The van der Waals surface area contributed by atoms with Crippen molar-refractivity contribution in [1.82, 2.24) is 4.98 Å². The van der Waals surface area contributed by atoms with E-state index in [0.29, 0.717) is 24.2 Å². The van der Waals surface area contributed by atoms with Crippen molar-refractivity contribution in [2.45, 2.75) is 20.1 Å². The lowest BCUT2D eigenvalue weighted by Gasteiger charge is -2.10. The molecule has 2 aromatic carbocycles. The molecular weight excluding hydrogens is 328 g/mol. The van der Waals surface area contributed by atoms with Gasteiger partial charge < -0.3 is 20.2 Å². The Morgan fingerprint density at radius 1 is 1.19 bits per heavy atom. The minimum Gasteiger partial charge on any atom is -0.439 e. The molecule has 6 nitrogen and oxygen atoms in total. The lowest BCUT2D eigenvalue weighted by Crippen LogP contribution is -2.23. The Hall–Kier alpha value is -3.12. The molecule has 0 amide bonds. The molecule has 26 heavy (non-hydrogen) atoms. The van der Waals surface area contributed by atoms with Gasteiger partial charge in [-0.05, 0) is 13.0 Å². The predicted molar refractivity (Wildman–Crippen MR) is 103 cm³/mol. The first-order valence-corrected chi connectivity index (χ1v) is 8.31. The number of methoxy groups -OCH3 is 1. The topological polar surface area (TPSA) is 85.7 Å². The Morgan fingerprint density at radius 3 is 2.73 bits per heavy atom. The fourth-order valence-electron chi connectivity index (χ4n) is 2.49. The van der Waals surface area contributed by atoms with Crippen LogP contribution in [0.2, 0.25) is 0 Å². The molecule has 0 aliphatic rings. The van der Waals surface area contributed by atoms with Gasteiger partial charge in [0.1, 0.15) is 6.54 Å². The Bertz CT molecular complexity index is 885. The van der Waals surface area contributed by atoms with Crippen molar-refractivity contribution in [1.29, 1.82) is 0 Å². The maximum atomic E-state index is 5.98. The third-order valence-corrected chi connectivity index (χ3v) is 3.85. The number of ether oxygens (including phenoxy) is 1. The Labute approximate surface area is 152 Å². The van der Waals surface area contributed by atoms with Gasteiger partial charge in [-0.15, -0.1) is 0 Å². The molecule has 0 aliphatic heterocycles. The van der Waals surface area contributed by atoms with Gasteiger partial charge in [0.2, 0.25) is 5.89 Å². The molecule has 0 saturated heterocycles. The number of nitrogens with two attached hydrogens (primary N) is 1. The average Bonchev–Trinajstić information content (AvgIpc) is 3.11. The summed E-state index contributed by atoms with van der Waals surface area (Å²) in [5.41, 5.74) is 10.0. The fraction of sp³-hybridized carbons (Fsp3) is 0.200. The third kappa shape index (κ3) is 4.49. The summed E-state index contributed by atoms with van der Waals surface area (Å²) in [6.07, 6.45) is 1.70. The van der Waals surface area contributed by atoms with Crippen LogP contribution in [0.5, 0.6) is 0 Å². The smallest absolute Gasteiger partial charge is 0.216 e. The predicted octanol–water partition coefficient (Wildman–Crippen LogP) is 3.72.